The lowest BCUT2D eigenvalue weighted by Gasteiger charge is -2.25. The highest BCUT2D eigenvalue weighted by Gasteiger charge is 2.25. The van der Waals surface area contributed by atoms with Gasteiger partial charge in [0, 0.05) is 38.4 Å². The molecule has 0 bridgehead atoms. The summed E-state index contributed by atoms with van der Waals surface area (Å²) in [6.45, 7) is 1.52. The van der Waals surface area contributed by atoms with Crippen LogP contribution in [0.1, 0.15) is 24.1 Å². The minimum atomic E-state index is -0.299. The molecule has 24 heavy (non-hydrogen) atoms. The van der Waals surface area contributed by atoms with Crippen LogP contribution in [0.2, 0.25) is 0 Å². The Balaban J connectivity index is 1.78. The molecule has 1 aromatic heterocycles. The fourth-order valence-electron chi connectivity index (χ4n) is 3.37. The zero-order valence-electron chi connectivity index (χ0n) is 14.0. The molecule has 0 N–H and O–H groups in total. The van der Waals surface area contributed by atoms with Gasteiger partial charge in [-0.1, -0.05) is 12.1 Å². The number of rotatable bonds is 4. The van der Waals surface area contributed by atoms with Crippen molar-refractivity contribution in [2.75, 3.05) is 6.54 Å². The molecule has 1 aliphatic rings. The summed E-state index contributed by atoms with van der Waals surface area (Å²) in [6.07, 6.45) is 3.00. The van der Waals surface area contributed by atoms with E-state index in [0.717, 1.165) is 41.6 Å². The van der Waals surface area contributed by atoms with E-state index in [1.807, 2.05) is 12.1 Å². The molecule has 2 aromatic rings. The third kappa shape index (κ3) is 3.33. The third-order valence-corrected chi connectivity index (χ3v) is 4.87. The van der Waals surface area contributed by atoms with Crippen LogP contribution < -0.4 is 11.2 Å². The van der Waals surface area contributed by atoms with E-state index in [1.54, 1.807) is 7.05 Å². The van der Waals surface area contributed by atoms with Crippen LogP contribution in [0.15, 0.2) is 39.9 Å². The Labute approximate surface area is 140 Å². The Morgan fingerprint density at radius 2 is 1.83 bits per heavy atom. The first-order valence-corrected chi connectivity index (χ1v) is 8.20. The van der Waals surface area contributed by atoms with E-state index in [9.17, 15) is 14.0 Å². The molecule has 0 aliphatic carbocycles. The molecule has 1 saturated heterocycles. The van der Waals surface area contributed by atoms with Gasteiger partial charge in [-0.15, -0.1) is 0 Å². The molecule has 0 radical (unpaired) electrons. The Morgan fingerprint density at radius 3 is 2.54 bits per heavy atom. The number of likely N-dealkylation sites (tertiary alicyclic amines) is 1. The van der Waals surface area contributed by atoms with Crippen molar-refractivity contribution in [3.05, 3.63) is 68.2 Å². The van der Waals surface area contributed by atoms with Gasteiger partial charge in [0.2, 0.25) is 0 Å². The first-order chi connectivity index (χ1) is 11.5. The van der Waals surface area contributed by atoms with Crippen molar-refractivity contribution < 1.29 is 4.39 Å². The zero-order valence-corrected chi connectivity index (χ0v) is 14.0. The molecule has 5 nitrogen and oxygen atoms in total. The topological polar surface area (TPSA) is 47.2 Å². The summed E-state index contributed by atoms with van der Waals surface area (Å²) in [4.78, 5) is 26.3. The van der Waals surface area contributed by atoms with Crippen LogP contribution in [0.25, 0.3) is 0 Å². The molecule has 128 valence electrons. The van der Waals surface area contributed by atoms with E-state index < -0.39 is 0 Å². The Kier molecular flexibility index (Phi) is 4.66. The molecule has 0 unspecified atom stereocenters. The molecular weight excluding hydrogens is 309 g/mol. The lowest BCUT2D eigenvalue weighted by atomic mass is 10.0. The average molecular weight is 331 g/mol. The number of halogens is 1. The summed E-state index contributed by atoms with van der Waals surface area (Å²) in [5.74, 6) is -0.225. The van der Waals surface area contributed by atoms with Crippen LogP contribution in [0.5, 0.6) is 0 Å². The molecule has 2 heterocycles. The highest BCUT2D eigenvalue weighted by molar-refractivity contribution is 5.17. The summed E-state index contributed by atoms with van der Waals surface area (Å²) in [5.41, 5.74) is 1.26. The summed E-state index contributed by atoms with van der Waals surface area (Å²) in [7, 11) is 3.18. The number of benzene rings is 1. The summed E-state index contributed by atoms with van der Waals surface area (Å²) in [5, 5.41) is 0. The predicted molar refractivity (Wildman–Crippen MR) is 90.5 cm³/mol. The van der Waals surface area contributed by atoms with Crippen molar-refractivity contribution in [3.63, 3.8) is 0 Å². The van der Waals surface area contributed by atoms with Crippen molar-refractivity contribution in [2.24, 2.45) is 14.1 Å². The maximum absolute atomic E-state index is 13.0. The van der Waals surface area contributed by atoms with E-state index in [2.05, 4.69) is 4.90 Å². The first kappa shape index (κ1) is 16.6. The molecule has 1 aromatic carbocycles. The van der Waals surface area contributed by atoms with Crippen LogP contribution >= 0.6 is 0 Å². The van der Waals surface area contributed by atoms with Crippen LogP contribution in [0, 0.1) is 5.82 Å². The third-order valence-electron chi connectivity index (χ3n) is 4.87. The number of nitrogens with zero attached hydrogens (tertiary/aromatic N) is 3. The molecule has 3 rings (SSSR count). The van der Waals surface area contributed by atoms with Gasteiger partial charge in [-0.05, 0) is 43.5 Å². The molecule has 1 aliphatic heterocycles. The smallest absolute Gasteiger partial charge is 0.299 e. The molecule has 6 heteroatoms. The van der Waals surface area contributed by atoms with E-state index in [1.165, 1.54) is 29.8 Å². The maximum Gasteiger partial charge on any atom is 0.330 e. The van der Waals surface area contributed by atoms with Crippen LogP contribution in [-0.4, -0.2) is 26.6 Å². The van der Waals surface area contributed by atoms with Crippen molar-refractivity contribution >= 4 is 0 Å². The molecule has 0 spiro atoms. The predicted octanol–water partition coefficient (Wildman–Crippen LogP) is 1.43. The summed E-state index contributed by atoms with van der Waals surface area (Å²) >= 11 is 0. The van der Waals surface area contributed by atoms with Crippen LogP contribution in [0.4, 0.5) is 4.39 Å². The van der Waals surface area contributed by atoms with Gasteiger partial charge in [-0.3, -0.25) is 18.8 Å². The van der Waals surface area contributed by atoms with Gasteiger partial charge in [-0.2, -0.15) is 0 Å². The summed E-state index contributed by atoms with van der Waals surface area (Å²) in [6, 6.07) is 8.49. The second-order valence-corrected chi connectivity index (χ2v) is 6.47. The minimum Gasteiger partial charge on any atom is -0.299 e. The number of hydrogen-bond acceptors (Lipinski definition) is 3. The zero-order chi connectivity index (χ0) is 17.3. The maximum atomic E-state index is 13.0. The van der Waals surface area contributed by atoms with Crippen molar-refractivity contribution in [3.8, 4) is 0 Å². The quantitative estimate of drug-likeness (QED) is 0.851. The average Bonchev–Trinajstić information content (AvgIpc) is 2.99. The fourth-order valence-corrected chi connectivity index (χ4v) is 3.37. The minimum absolute atomic E-state index is 0.225. The SMILES string of the molecule is Cn1c(CN2CCC[C@H]2Cc2ccc(F)cc2)cc(=O)n(C)c1=O. The number of hydrogen-bond donors (Lipinski definition) is 0. The van der Waals surface area contributed by atoms with Crippen molar-refractivity contribution in [2.45, 2.75) is 31.8 Å². The second-order valence-electron chi connectivity index (χ2n) is 6.47. The van der Waals surface area contributed by atoms with Gasteiger partial charge in [-0.25, -0.2) is 9.18 Å². The van der Waals surface area contributed by atoms with Gasteiger partial charge >= 0.3 is 5.69 Å². The fraction of sp³-hybridized carbons (Fsp3) is 0.444. The molecule has 0 saturated carbocycles. The second kappa shape index (κ2) is 6.73. The lowest BCUT2D eigenvalue weighted by Crippen LogP contribution is -2.40. The lowest BCUT2D eigenvalue weighted by molar-refractivity contribution is 0.237. The van der Waals surface area contributed by atoms with Crippen LogP contribution in [0.3, 0.4) is 0 Å². The first-order valence-electron chi connectivity index (χ1n) is 8.20. The molecule has 1 atom stereocenters. The molecule has 0 amide bonds. The highest BCUT2D eigenvalue weighted by Crippen LogP contribution is 2.23. The normalized spacial score (nSPS) is 18.2. The Bertz CT molecular complexity index is 839. The van der Waals surface area contributed by atoms with Gasteiger partial charge < -0.3 is 0 Å². The van der Waals surface area contributed by atoms with Crippen molar-refractivity contribution in [1.29, 1.82) is 0 Å². The van der Waals surface area contributed by atoms with Gasteiger partial charge in [0.15, 0.2) is 0 Å². The largest absolute Gasteiger partial charge is 0.330 e. The Hall–Kier alpha value is -2.21. The van der Waals surface area contributed by atoms with Crippen LogP contribution in [-0.2, 0) is 27.1 Å². The monoisotopic (exact) mass is 331 g/mol. The van der Waals surface area contributed by atoms with E-state index in [4.69, 9.17) is 0 Å². The summed E-state index contributed by atoms with van der Waals surface area (Å²) < 4.78 is 15.7. The van der Waals surface area contributed by atoms with Gasteiger partial charge in [0.1, 0.15) is 5.82 Å². The Morgan fingerprint density at radius 1 is 1.12 bits per heavy atom. The number of aromatic nitrogens is 2. The van der Waals surface area contributed by atoms with E-state index >= 15 is 0 Å². The molecule has 1 fully saturated rings. The standard InChI is InChI=1S/C18H22FN3O2/c1-20-16(11-17(23)21(2)18(20)24)12-22-9-3-4-15(22)10-13-5-7-14(19)8-6-13/h5-8,11,15H,3-4,9-10,12H2,1-2H3/t15-/m0/s1. The molecular formula is C18H22FN3O2. The van der Waals surface area contributed by atoms with Gasteiger partial charge in [0.05, 0.1) is 0 Å². The highest BCUT2D eigenvalue weighted by atomic mass is 19.1. The van der Waals surface area contributed by atoms with Crippen molar-refractivity contribution in [1.82, 2.24) is 14.0 Å². The van der Waals surface area contributed by atoms with E-state index in [0.29, 0.717) is 12.6 Å². The van der Waals surface area contributed by atoms with E-state index in [-0.39, 0.29) is 17.1 Å². The van der Waals surface area contributed by atoms with Gasteiger partial charge in [0.25, 0.3) is 5.56 Å².